The molecule has 0 amide bonds. The molecule has 5 N–H and O–H groups in total. The third-order valence-corrected chi connectivity index (χ3v) is 3.79. The van der Waals surface area contributed by atoms with Crippen LogP contribution in [0.4, 0.5) is 0 Å². The van der Waals surface area contributed by atoms with E-state index in [2.05, 4.69) is 13.8 Å². The summed E-state index contributed by atoms with van der Waals surface area (Å²) in [5.74, 6) is -0.448. The van der Waals surface area contributed by atoms with Gasteiger partial charge in [-0.15, -0.1) is 0 Å². The molecule has 0 saturated carbocycles. The van der Waals surface area contributed by atoms with Crippen LogP contribution in [-0.4, -0.2) is 50.5 Å². The number of hydrogen-bond acceptors (Lipinski definition) is 5. The second kappa shape index (κ2) is 9.67. The number of hydrogen-bond donors (Lipinski definition) is 5. The molecule has 0 saturated heterocycles. The zero-order valence-corrected chi connectivity index (χ0v) is 13.8. The molecule has 0 heterocycles. The number of aryl methyl sites for hydroxylation is 2. The van der Waals surface area contributed by atoms with Gasteiger partial charge < -0.3 is 25.5 Å². The van der Waals surface area contributed by atoms with Crippen molar-refractivity contribution in [3.05, 3.63) is 40.6 Å². The summed E-state index contributed by atoms with van der Waals surface area (Å²) in [6.07, 6.45) is 0.561. The molecule has 0 aliphatic rings. The van der Waals surface area contributed by atoms with Crippen LogP contribution in [0.1, 0.15) is 43.4 Å². The first kappa shape index (κ1) is 19.6. The average molecular weight is 324 g/mol. The van der Waals surface area contributed by atoms with Crippen LogP contribution in [0.5, 0.6) is 0 Å². The van der Waals surface area contributed by atoms with Crippen molar-refractivity contribution in [3.63, 3.8) is 0 Å². The van der Waals surface area contributed by atoms with Gasteiger partial charge >= 0.3 is 0 Å². The molecule has 3 unspecified atom stereocenters. The monoisotopic (exact) mass is 324 g/mol. The maximum Gasteiger partial charge on any atom is 0.139 e. The van der Waals surface area contributed by atoms with Crippen molar-refractivity contribution in [2.45, 2.75) is 57.8 Å². The lowest BCUT2D eigenvalue weighted by Gasteiger charge is -2.21. The van der Waals surface area contributed by atoms with Gasteiger partial charge in [-0.1, -0.05) is 44.9 Å². The van der Waals surface area contributed by atoms with Gasteiger partial charge in [-0.25, -0.2) is 0 Å². The molecule has 0 aromatic heterocycles. The Morgan fingerprint density at radius 1 is 1.04 bits per heavy atom. The Hall–Kier alpha value is -1.40. The van der Waals surface area contributed by atoms with Crippen molar-refractivity contribution < 1.29 is 25.5 Å². The molecular formula is C18H28O5. The average Bonchev–Trinajstić information content (AvgIpc) is 2.55. The minimum Gasteiger partial charge on any atom is -0.509 e. The number of benzene rings is 1. The SMILES string of the molecule is CCCc1ccc(C=C(O)C(O)C(O)C(O)CO)cc1CCC. The molecule has 1 aromatic rings. The zero-order valence-electron chi connectivity index (χ0n) is 13.8. The third-order valence-electron chi connectivity index (χ3n) is 3.79. The molecule has 1 aromatic carbocycles. The Labute approximate surface area is 137 Å². The quantitative estimate of drug-likeness (QED) is 0.444. The summed E-state index contributed by atoms with van der Waals surface area (Å²) < 4.78 is 0. The largest absolute Gasteiger partial charge is 0.509 e. The van der Waals surface area contributed by atoms with E-state index in [1.54, 1.807) is 0 Å². The molecule has 0 spiro atoms. The predicted molar refractivity (Wildman–Crippen MR) is 90.1 cm³/mol. The molecular weight excluding hydrogens is 296 g/mol. The highest BCUT2D eigenvalue weighted by molar-refractivity contribution is 5.54. The molecule has 1 rings (SSSR count). The van der Waals surface area contributed by atoms with E-state index in [-0.39, 0.29) is 0 Å². The van der Waals surface area contributed by atoms with Crippen molar-refractivity contribution in [3.8, 4) is 0 Å². The third kappa shape index (κ3) is 5.62. The summed E-state index contributed by atoms with van der Waals surface area (Å²) in [4.78, 5) is 0. The Morgan fingerprint density at radius 2 is 1.65 bits per heavy atom. The van der Waals surface area contributed by atoms with Crippen LogP contribution in [0.2, 0.25) is 0 Å². The van der Waals surface area contributed by atoms with Gasteiger partial charge in [0, 0.05) is 0 Å². The van der Waals surface area contributed by atoms with Gasteiger partial charge in [0.2, 0.25) is 0 Å². The lowest BCUT2D eigenvalue weighted by Crippen LogP contribution is -2.40. The number of aliphatic hydroxyl groups excluding tert-OH is 5. The van der Waals surface area contributed by atoms with Gasteiger partial charge in [0.05, 0.1) is 6.61 Å². The van der Waals surface area contributed by atoms with Crippen LogP contribution in [0.3, 0.4) is 0 Å². The highest BCUT2D eigenvalue weighted by Crippen LogP contribution is 2.19. The van der Waals surface area contributed by atoms with E-state index >= 15 is 0 Å². The normalized spacial score (nSPS) is 16.2. The molecule has 0 aliphatic carbocycles. The van der Waals surface area contributed by atoms with Crippen LogP contribution in [0.25, 0.3) is 6.08 Å². The first-order valence-electron chi connectivity index (χ1n) is 8.11. The molecule has 5 heteroatoms. The van der Waals surface area contributed by atoms with Gasteiger partial charge in [-0.05, 0) is 35.6 Å². The minimum atomic E-state index is -1.65. The lowest BCUT2D eigenvalue weighted by atomic mass is 9.96. The maximum absolute atomic E-state index is 9.94. The number of aliphatic hydroxyl groups is 5. The Balaban J connectivity index is 2.99. The second-order valence-electron chi connectivity index (χ2n) is 5.78. The lowest BCUT2D eigenvalue weighted by molar-refractivity contribution is -0.0735. The van der Waals surface area contributed by atoms with Gasteiger partial charge in [0.15, 0.2) is 0 Å². The fraction of sp³-hybridized carbons (Fsp3) is 0.556. The van der Waals surface area contributed by atoms with Gasteiger partial charge in [-0.2, -0.15) is 0 Å². The van der Waals surface area contributed by atoms with E-state index in [4.69, 9.17) is 5.11 Å². The predicted octanol–water partition coefficient (Wildman–Crippen LogP) is 1.57. The first-order chi connectivity index (χ1) is 10.9. The van der Waals surface area contributed by atoms with E-state index in [1.807, 2.05) is 18.2 Å². The van der Waals surface area contributed by atoms with E-state index in [0.717, 1.165) is 31.2 Å². The van der Waals surface area contributed by atoms with Crippen LogP contribution < -0.4 is 0 Å². The summed E-state index contributed by atoms with van der Waals surface area (Å²) in [5, 5.41) is 47.5. The summed E-state index contributed by atoms with van der Waals surface area (Å²) in [6, 6.07) is 5.83. The topological polar surface area (TPSA) is 101 Å². The van der Waals surface area contributed by atoms with Gasteiger partial charge in [0.1, 0.15) is 24.1 Å². The van der Waals surface area contributed by atoms with E-state index in [1.165, 1.54) is 17.2 Å². The van der Waals surface area contributed by atoms with Crippen LogP contribution in [-0.2, 0) is 12.8 Å². The second-order valence-corrected chi connectivity index (χ2v) is 5.78. The zero-order chi connectivity index (χ0) is 17.4. The first-order valence-corrected chi connectivity index (χ1v) is 8.11. The van der Waals surface area contributed by atoms with Crippen molar-refractivity contribution >= 4 is 6.08 Å². The van der Waals surface area contributed by atoms with Crippen LogP contribution >= 0.6 is 0 Å². The van der Waals surface area contributed by atoms with Crippen molar-refractivity contribution in [2.75, 3.05) is 6.61 Å². The Kier molecular flexibility index (Phi) is 8.26. The maximum atomic E-state index is 9.94. The van der Waals surface area contributed by atoms with Crippen LogP contribution in [0.15, 0.2) is 24.0 Å². The summed E-state index contributed by atoms with van der Waals surface area (Å²) >= 11 is 0. The molecule has 0 aliphatic heterocycles. The van der Waals surface area contributed by atoms with Gasteiger partial charge in [-0.3, -0.25) is 0 Å². The van der Waals surface area contributed by atoms with Crippen LogP contribution in [0, 0.1) is 0 Å². The van der Waals surface area contributed by atoms with E-state index < -0.39 is 30.7 Å². The van der Waals surface area contributed by atoms with E-state index in [9.17, 15) is 20.4 Å². The Morgan fingerprint density at radius 3 is 2.22 bits per heavy atom. The molecule has 130 valence electrons. The highest BCUT2D eigenvalue weighted by Gasteiger charge is 2.27. The molecule has 0 fully saturated rings. The molecule has 5 nitrogen and oxygen atoms in total. The Bertz CT molecular complexity index is 512. The molecule has 23 heavy (non-hydrogen) atoms. The fourth-order valence-electron chi connectivity index (χ4n) is 2.50. The van der Waals surface area contributed by atoms with Crippen molar-refractivity contribution in [1.29, 1.82) is 0 Å². The number of rotatable bonds is 9. The van der Waals surface area contributed by atoms with Crippen molar-refractivity contribution in [2.24, 2.45) is 0 Å². The molecule has 0 bridgehead atoms. The standard InChI is InChI=1S/C18H28O5/c1-3-5-13-8-7-12(9-14(13)6-4-2)10-15(20)17(22)18(23)16(21)11-19/h7-10,16-23H,3-6,11H2,1-2H3. The summed E-state index contributed by atoms with van der Waals surface area (Å²) in [5.41, 5.74) is 3.21. The smallest absolute Gasteiger partial charge is 0.139 e. The summed E-state index contributed by atoms with van der Waals surface area (Å²) in [7, 11) is 0. The molecule has 0 radical (unpaired) electrons. The molecule has 3 atom stereocenters. The summed E-state index contributed by atoms with van der Waals surface area (Å²) in [6.45, 7) is 3.53. The highest BCUT2D eigenvalue weighted by atomic mass is 16.4. The minimum absolute atomic E-state index is 0.448. The van der Waals surface area contributed by atoms with Crippen molar-refractivity contribution in [1.82, 2.24) is 0 Å². The van der Waals surface area contributed by atoms with E-state index in [0.29, 0.717) is 0 Å². The fourth-order valence-corrected chi connectivity index (χ4v) is 2.50. The van der Waals surface area contributed by atoms with Gasteiger partial charge in [0.25, 0.3) is 0 Å².